The summed E-state index contributed by atoms with van der Waals surface area (Å²) < 4.78 is 26.5. The maximum absolute atomic E-state index is 13.2. The van der Waals surface area contributed by atoms with E-state index in [2.05, 4.69) is 5.32 Å². The van der Waals surface area contributed by atoms with Crippen LogP contribution in [-0.4, -0.2) is 5.91 Å². The van der Waals surface area contributed by atoms with E-state index in [1.165, 1.54) is 0 Å². The van der Waals surface area contributed by atoms with Crippen molar-refractivity contribution in [1.82, 2.24) is 5.32 Å². The number of hydrogen-bond acceptors (Lipinski definition) is 1. The molecular formula is C19H15F2NO. The lowest BCUT2D eigenvalue weighted by atomic mass is 9.99. The van der Waals surface area contributed by atoms with Crippen LogP contribution in [0.5, 0.6) is 0 Å². The van der Waals surface area contributed by atoms with Crippen LogP contribution >= 0.6 is 0 Å². The van der Waals surface area contributed by atoms with E-state index in [1.807, 2.05) is 49.4 Å². The number of halogens is 2. The molecule has 0 aliphatic heterocycles. The van der Waals surface area contributed by atoms with Gasteiger partial charge in [0.2, 0.25) is 0 Å². The van der Waals surface area contributed by atoms with E-state index in [4.69, 9.17) is 0 Å². The average Bonchev–Trinajstić information content (AvgIpc) is 2.53. The second-order valence-electron chi connectivity index (χ2n) is 5.42. The van der Waals surface area contributed by atoms with Crippen LogP contribution in [0.2, 0.25) is 0 Å². The molecule has 1 unspecified atom stereocenters. The first kappa shape index (κ1) is 15.2. The van der Waals surface area contributed by atoms with Gasteiger partial charge in [0.25, 0.3) is 5.91 Å². The third kappa shape index (κ3) is 3.21. The van der Waals surface area contributed by atoms with Crippen molar-refractivity contribution in [2.24, 2.45) is 0 Å². The van der Waals surface area contributed by atoms with Gasteiger partial charge in [-0.1, -0.05) is 42.5 Å². The molecule has 0 bridgehead atoms. The minimum atomic E-state index is -0.770. The molecule has 0 aliphatic rings. The second kappa shape index (κ2) is 6.16. The van der Waals surface area contributed by atoms with E-state index in [0.29, 0.717) is 0 Å². The Hall–Kier alpha value is -2.75. The summed E-state index contributed by atoms with van der Waals surface area (Å²) in [6.45, 7) is 1.84. The van der Waals surface area contributed by atoms with E-state index < -0.39 is 17.5 Å². The number of nitrogens with one attached hydrogen (secondary N) is 1. The highest BCUT2D eigenvalue weighted by Crippen LogP contribution is 2.24. The van der Waals surface area contributed by atoms with E-state index in [-0.39, 0.29) is 11.6 Å². The molecule has 0 saturated carbocycles. The summed E-state index contributed by atoms with van der Waals surface area (Å²) in [6, 6.07) is 16.2. The lowest BCUT2D eigenvalue weighted by molar-refractivity contribution is 0.0939. The summed E-state index contributed by atoms with van der Waals surface area (Å²) in [5, 5.41) is 4.89. The SMILES string of the molecule is CC(NC(=O)c1cc(F)cc(F)c1)c1cccc2ccccc12. The summed E-state index contributed by atoms with van der Waals surface area (Å²) in [7, 11) is 0. The number of carbonyl (C=O) groups excluding carboxylic acids is 1. The molecule has 3 rings (SSSR count). The second-order valence-corrected chi connectivity index (χ2v) is 5.42. The molecule has 0 aromatic heterocycles. The van der Waals surface area contributed by atoms with Crippen LogP contribution in [0.1, 0.15) is 28.9 Å². The van der Waals surface area contributed by atoms with Crippen molar-refractivity contribution >= 4 is 16.7 Å². The molecule has 1 amide bonds. The number of rotatable bonds is 3. The van der Waals surface area contributed by atoms with Gasteiger partial charge < -0.3 is 5.32 Å². The molecule has 0 fully saturated rings. The molecular weight excluding hydrogens is 296 g/mol. The molecule has 0 saturated heterocycles. The van der Waals surface area contributed by atoms with Crippen molar-refractivity contribution in [3.63, 3.8) is 0 Å². The summed E-state index contributed by atoms with van der Waals surface area (Å²) in [4.78, 5) is 12.2. The smallest absolute Gasteiger partial charge is 0.251 e. The normalized spacial score (nSPS) is 12.1. The lowest BCUT2D eigenvalue weighted by Gasteiger charge is -2.17. The van der Waals surface area contributed by atoms with Gasteiger partial charge >= 0.3 is 0 Å². The Kier molecular flexibility index (Phi) is 4.06. The molecule has 0 radical (unpaired) electrons. The van der Waals surface area contributed by atoms with Gasteiger partial charge in [0.05, 0.1) is 6.04 Å². The van der Waals surface area contributed by atoms with Crippen LogP contribution in [0.25, 0.3) is 10.8 Å². The van der Waals surface area contributed by atoms with Crippen molar-refractivity contribution in [2.75, 3.05) is 0 Å². The zero-order valence-electron chi connectivity index (χ0n) is 12.5. The Morgan fingerprint density at radius 2 is 1.61 bits per heavy atom. The van der Waals surface area contributed by atoms with Gasteiger partial charge in [-0.05, 0) is 35.4 Å². The van der Waals surface area contributed by atoms with Crippen LogP contribution in [0.15, 0.2) is 60.7 Å². The molecule has 0 spiro atoms. The van der Waals surface area contributed by atoms with Gasteiger partial charge in [-0.15, -0.1) is 0 Å². The predicted molar refractivity (Wildman–Crippen MR) is 86.2 cm³/mol. The predicted octanol–water partition coefficient (Wildman–Crippen LogP) is 4.61. The number of carbonyl (C=O) groups is 1. The van der Waals surface area contributed by atoms with Crippen molar-refractivity contribution in [3.05, 3.63) is 83.4 Å². The fourth-order valence-corrected chi connectivity index (χ4v) is 2.67. The maximum atomic E-state index is 13.2. The van der Waals surface area contributed by atoms with Crippen LogP contribution in [0.4, 0.5) is 8.78 Å². The highest BCUT2D eigenvalue weighted by molar-refractivity contribution is 5.95. The first-order valence-electron chi connectivity index (χ1n) is 7.29. The van der Waals surface area contributed by atoms with Gasteiger partial charge in [0, 0.05) is 11.6 Å². The average molecular weight is 311 g/mol. The fourth-order valence-electron chi connectivity index (χ4n) is 2.67. The number of amides is 1. The molecule has 3 aromatic rings. The van der Waals surface area contributed by atoms with Gasteiger partial charge in [-0.3, -0.25) is 4.79 Å². The summed E-state index contributed by atoms with van der Waals surface area (Å²) in [5.74, 6) is -2.05. The molecule has 116 valence electrons. The van der Waals surface area contributed by atoms with Gasteiger partial charge in [0.1, 0.15) is 11.6 Å². The van der Waals surface area contributed by atoms with E-state index in [0.717, 1.165) is 34.5 Å². The Morgan fingerprint density at radius 3 is 2.35 bits per heavy atom. The van der Waals surface area contributed by atoms with Crippen molar-refractivity contribution in [1.29, 1.82) is 0 Å². The number of hydrogen-bond donors (Lipinski definition) is 1. The largest absolute Gasteiger partial charge is 0.345 e. The van der Waals surface area contributed by atoms with Gasteiger partial charge in [0.15, 0.2) is 0 Å². The minimum Gasteiger partial charge on any atom is -0.345 e. The van der Waals surface area contributed by atoms with Crippen molar-refractivity contribution < 1.29 is 13.6 Å². The first-order chi connectivity index (χ1) is 11.0. The van der Waals surface area contributed by atoms with Gasteiger partial charge in [-0.2, -0.15) is 0 Å². The highest BCUT2D eigenvalue weighted by atomic mass is 19.1. The number of benzene rings is 3. The molecule has 0 heterocycles. The third-order valence-electron chi connectivity index (χ3n) is 3.76. The standard InChI is InChI=1S/C19H15F2NO/c1-12(17-8-4-6-13-5-2-3-7-18(13)17)22-19(23)14-9-15(20)11-16(21)10-14/h2-12H,1H3,(H,22,23). The molecule has 1 atom stereocenters. The third-order valence-corrected chi connectivity index (χ3v) is 3.76. The minimum absolute atomic E-state index is 0.0328. The van der Waals surface area contributed by atoms with Crippen molar-refractivity contribution in [2.45, 2.75) is 13.0 Å². The molecule has 3 aromatic carbocycles. The van der Waals surface area contributed by atoms with Crippen LogP contribution in [-0.2, 0) is 0 Å². The van der Waals surface area contributed by atoms with Gasteiger partial charge in [-0.25, -0.2) is 8.78 Å². The molecule has 0 aliphatic carbocycles. The Labute approximate surface area is 132 Å². The quantitative estimate of drug-likeness (QED) is 0.752. The van der Waals surface area contributed by atoms with Crippen molar-refractivity contribution in [3.8, 4) is 0 Å². The van der Waals surface area contributed by atoms with Crippen LogP contribution < -0.4 is 5.32 Å². The summed E-state index contributed by atoms with van der Waals surface area (Å²) in [5.41, 5.74) is 0.919. The number of fused-ring (bicyclic) bond motifs is 1. The van der Waals surface area contributed by atoms with Crippen LogP contribution in [0.3, 0.4) is 0 Å². The monoisotopic (exact) mass is 311 g/mol. The Balaban J connectivity index is 1.88. The molecule has 4 heteroatoms. The maximum Gasteiger partial charge on any atom is 0.251 e. The fraction of sp³-hybridized carbons (Fsp3) is 0.105. The highest BCUT2D eigenvalue weighted by Gasteiger charge is 2.15. The summed E-state index contributed by atoms with van der Waals surface area (Å²) >= 11 is 0. The van der Waals surface area contributed by atoms with E-state index in [9.17, 15) is 13.6 Å². The molecule has 1 N–H and O–H groups in total. The zero-order chi connectivity index (χ0) is 16.4. The topological polar surface area (TPSA) is 29.1 Å². The lowest BCUT2D eigenvalue weighted by Crippen LogP contribution is -2.27. The Bertz CT molecular complexity index is 851. The Morgan fingerprint density at radius 1 is 0.957 bits per heavy atom. The van der Waals surface area contributed by atoms with E-state index >= 15 is 0 Å². The first-order valence-corrected chi connectivity index (χ1v) is 7.29. The summed E-state index contributed by atoms with van der Waals surface area (Å²) in [6.07, 6.45) is 0. The molecule has 2 nitrogen and oxygen atoms in total. The van der Waals surface area contributed by atoms with Crippen LogP contribution in [0, 0.1) is 11.6 Å². The molecule has 23 heavy (non-hydrogen) atoms. The van der Waals surface area contributed by atoms with E-state index in [1.54, 1.807) is 0 Å². The zero-order valence-corrected chi connectivity index (χ0v) is 12.5.